The van der Waals surface area contributed by atoms with Gasteiger partial charge in [0, 0.05) is 12.6 Å². The van der Waals surface area contributed by atoms with E-state index in [4.69, 9.17) is 0 Å². The Morgan fingerprint density at radius 2 is 1.75 bits per heavy atom. The number of carbonyl (C=O) groups is 1. The molecule has 1 aromatic carbocycles. The Labute approximate surface area is 97.2 Å². The molecule has 16 heavy (non-hydrogen) atoms. The van der Waals surface area contributed by atoms with Gasteiger partial charge in [0.25, 0.3) is 5.91 Å². The number of hydrogen-bond donors (Lipinski definition) is 2. The summed E-state index contributed by atoms with van der Waals surface area (Å²) in [5, 5.41) is 5.83. The molecule has 1 aliphatic rings. The standard InChI is InChI=1S/C8H9NO.C5H11N/c1-9-8(10)7-5-3-2-4-6-7;1-2-4-6-5-3-1/h2-6H,1H3,(H,9,10);6H,1-5H2. The first-order chi connectivity index (χ1) is 7.84. The number of piperidine rings is 1. The highest BCUT2D eigenvalue weighted by molar-refractivity contribution is 5.93. The van der Waals surface area contributed by atoms with Crippen molar-refractivity contribution < 1.29 is 4.79 Å². The third-order valence-corrected chi connectivity index (χ3v) is 2.47. The molecule has 1 saturated heterocycles. The topological polar surface area (TPSA) is 41.1 Å². The first kappa shape index (κ1) is 12.7. The summed E-state index contributed by atoms with van der Waals surface area (Å²) in [6, 6.07) is 9.11. The maximum atomic E-state index is 10.9. The van der Waals surface area contributed by atoms with Gasteiger partial charge >= 0.3 is 0 Å². The van der Waals surface area contributed by atoms with Crippen LogP contribution in [-0.4, -0.2) is 26.0 Å². The third kappa shape index (κ3) is 4.94. The van der Waals surface area contributed by atoms with Gasteiger partial charge < -0.3 is 10.6 Å². The Bertz CT molecular complexity index is 283. The summed E-state index contributed by atoms with van der Waals surface area (Å²) in [6.45, 7) is 2.50. The summed E-state index contributed by atoms with van der Waals surface area (Å²) < 4.78 is 0. The lowest BCUT2D eigenvalue weighted by Crippen LogP contribution is -2.21. The summed E-state index contributed by atoms with van der Waals surface area (Å²) in [6.07, 6.45) is 4.22. The third-order valence-electron chi connectivity index (χ3n) is 2.47. The van der Waals surface area contributed by atoms with Crippen molar-refractivity contribution >= 4 is 5.91 Å². The monoisotopic (exact) mass is 220 g/mol. The molecule has 3 heteroatoms. The largest absolute Gasteiger partial charge is 0.355 e. The second kappa shape index (κ2) is 7.88. The average molecular weight is 220 g/mol. The van der Waals surface area contributed by atoms with Crippen LogP contribution in [0.2, 0.25) is 0 Å². The van der Waals surface area contributed by atoms with Crippen LogP contribution in [0.3, 0.4) is 0 Å². The molecule has 88 valence electrons. The second-order valence-corrected chi connectivity index (χ2v) is 3.76. The van der Waals surface area contributed by atoms with Gasteiger partial charge in [-0.2, -0.15) is 0 Å². The first-order valence-corrected chi connectivity index (χ1v) is 5.82. The van der Waals surface area contributed by atoms with E-state index >= 15 is 0 Å². The van der Waals surface area contributed by atoms with Crippen molar-refractivity contribution in [2.45, 2.75) is 19.3 Å². The van der Waals surface area contributed by atoms with E-state index in [1.807, 2.05) is 18.2 Å². The fraction of sp³-hybridized carbons (Fsp3) is 0.462. The lowest BCUT2D eigenvalue weighted by Gasteiger charge is -2.08. The van der Waals surface area contributed by atoms with Gasteiger partial charge in [0.1, 0.15) is 0 Å². The number of amides is 1. The maximum Gasteiger partial charge on any atom is 0.251 e. The quantitative estimate of drug-likeness (QED) is 0.758. The molecule has 2 rings (SSSR count). The highest BCUT2D eigenvalue weighted by atomic mass is 16.1. The Hall–Kier alpha value is -1.35. The fourth-order valence-electron chi connectivity index (χ4n) is 1.54. The zero-order valence-corrected chi connectivity index (χ0v) is 9.83. The van der Waals surface area contributed by atoms with Gasteiger partial charge in [-0.1, -0.05) is 24.6 Å². The van der Waals surface area contributed by atoms with E-state index < -0.39 is 0 Å². The van der Waals surface area contributed by atoms with Crippen molar-refractivity contribution in [1.82, 2.24) is 10.6 Å². The predicted molar refractivity (Wildman–Crippen MR) is 66.6 cm³/mol. The van der Waals surface area contributed by atoms with Crippen LogP contribution in [0.15, 0.2) is 30.3 Å². The Kier molecular flexibility index (Phi) is 6.26. The van der Waals surface area contributed by atoms with Crippen LogP contribution in [0.1, 0.15) is 29.6 Å². The number of hydrogen-bond acceptors (Lipinski definition) is 2. The molecule has 0 radical (unpaired) electrons. The van der Waals surface area contributed by atoms with Crippen molar-refractivity contribution in [3.05, 3.63) is 35.9 Å². The zero-order chi connectivity index (χ0) is 11.6. The van der Waals surface area contributed by atoms with E-state index in [-0.39, 0.29) is 5.91 Å². The van der Waals surface area contributed by atoms with Crippen LogP contribution in [0.25, 0.3) is 0 Å². The van der Waals surface area contributed by atoms with E-state index in [1.165, 1.54) is 32.4 Å². The van der Waals surface area contributed by atoms with Gasteiger partial charge in [-0.25, -0.2) is 0 Å². The summed E-state index contributed by atoms with van der Waals surface area (Å²) in [7, 11) is 1.62. The lowest BCUT2D eigenvalue weighted by atomic mass is 10.2. The molecule has 1 aromatic rings. The SMILES string of the molecule is C1CCNCC1.CNC(=O)c1ccccc1. The molecule has 0 spiro atoms. The zero-order valence-electron chi connectivity index (χ0n) is 9.83. The number of rotatable bonds is 1. The number of nitrogens with one attached hydrogen (secondary N) is 2. The molecule has 0 atom stereocenters. The summed E-state index contributed by atoms with van der Waals surface area (Å²) in [5.41, 5.74) is 0.699. The normalized spacial score (nSPS) is 14.6. The van der Waals surface area contributed by atoms with Crippen molar-refractivity contribution in [3.63, 3.8) is 0 Å². The Balaban J connectivity index is 0.000000181. The van der Waals surface area contributed by atoms with Crippen molar-refractivity contribution in [3.8, 4) is 0 Å². The molecule has 0 saturated carbocycles. The Morgan fingerprint density at radius 3 is 2.12 bits per heavy atom. The summed E-state index contributed by atoms with van der Waals surface area (Å²) >= 11 is 0. The Morgan fingerprint density at radius 1 is 1.12 bits per heavy atom. The van der Waals surface area contributed by atoms with Gasteiger partial charge in [0.15, 0.2) is 0 Å². The first-order valence-electron chi connectivity index (χ1n) is 5.82. The molecule has 1 amide bonds. The highest BCUT2D eigenvalue weighted by Gasteiger charge is 1.97. The van der Waals surface area contributed by atoms with Crippen LogP contribution in [-0.2, 0) is 0 Å². The van der Waals surface area contributed by atoms with Gasteiger partial charge in [-0.3, -0.25) is 4.79 Å². The minimum atomic E-state index is -0.0411. The lowest BCUT2D eigenvalue weighted by molar-refractivity contribution is 0.0963. The molecule has 0 aromatic heterocycles. The molecule has 1 fully saturated rings. The highest BCUT2D eigenvalue weighted by Crippen LogP contribution is 1.97. The van der Waals surface area contributed by atoms with Crippen LogP contribution < -0.4 is 10.6 Å². The fourth-order valence-corrected chi connectivity index (χ4v) is 1.54. The molecule has 3 nitrogen and oxygen atoms in total. The van der Waals surface area contributed by atoms with Gasteiger partial charge in [-0.15, -0.1) is 0 Å². The molecule has 0 bridgehead atoms. The van der Waals surface area contributed by atoms with Crippen molar-refractivity contribution in [2.24, 2.45) is 0 Å². The number of benzene rings is 1. The van der Waals surface area contributed by atoms with Crippen LogP contribution >= 0.6 is 0 Å². The summed E-state index contributed by atoms with van der Waals surface area (Å²) in [4.78, 5) is 10.9. The van der Waals surface area contributed by atoms with E-state index in [9.17, 15) is 4.79 Å². The van der Waals surface area contributed by atoms with E-state index in [2.05, 4.69) is 10.6 Å². The molecular formula is C13H20N2O. The van der Waals surface area contributed by atoms with Gasteiger partial charge in [0.05, 0.1) is 0 Å². The molecular weight excluding hydrogens is 200 g/mol. The second-order valence-electron chi connectivity index (χ2n) is 3.76. The van der Waals surface area contributed by atoms with Crippen molar-refractivity contribution in [2.75, 3.05) is 20.1 Å². The predicted octanol–water partition coefficient (Wildman–Crippen LogP) is 1.81. The van der Waals surface area contributed by atoms with E-state index in [0.717, 1.165) is 0 Å². The summed E-state index contributed by atoms with van der Waals surface area (Å²) in [5.74, 6) is -0.0411. The van der Waals surface area contributed by atoms with Crippen LogP contribution in [0, 0.1) is 0 Å². The smallest absolute Gasteiger partial charge is 0.251 e. The molecule has 0 aliphatic carbocycles. The van der Waals surface area contributed by atoms with E-state index in [1.54, 1.807) is 19.2 Å². The van der Waals surface area contributed by atoms with E-state index in [0.29, 0.717) is 5.56 Å². The number of carbonyl (C=O) groups excluding carboxylic acids is 1. The van der Waals surface area contributed by atoms with Crippen molar-refractivity contribution in [1.29, 1.82) is 0 Å². The van der Waals surface area contributed by atoms with Crippen LogP contribution in [0.5, 0.6) is 0 Å². The maximum absolute atomic E-state index is 10.9. The minimum Gasteiger partial charge on any atom is -0.355 e. The molecule has 1 aliphatic heterocycles. The minimum absolute atomic E-state index is 0.0411. The van der Waals surface area contributed by atoms with Gasteiger partial charge in [-0.05, 0) is 38.1 Å². The molecule has 1 heterocycles. The van der Waals surface area contributed by atoms with Crippen LogP contribution in [0.4, 0.5) is 0 Å². The average Bonchev–Trinajstić information content (AvgIpc) is 2.41. The molecule has 0 unspecified atom stereocenters. The molecule has 2 N–H and O–H groups in total. The van der Waals surface area contributed by atoms with Gasteiger partial charge in [0.2, 0.25) is 0 Å².